The smallest absolute Gasteiger partial charge is 0.418 e. The van der Waals surface area contributed by atoms with E-state index in [0.29, 0.717) is 25.7 Å². The first-order valence-electron chi connectivity index (χ1n) is 9.62. The van der Waals surface area contributed by atoms with Crippen LogP contribution in [0.1, 0.15) is 64.2 Å². The Hall–Kier alpha value is -1.22. The number of aliphatic hydroxyl groups excluding tert-OH is 2. The molecule has 0 aromatic carbocycles. The van der Waals surface area contributed by atoms with Crippen LogP contribution >= 0.6 is 0 Å². The van der Waals surface area contributed by atoms with E-state index in [0.717, 1.165) is 38.5 Å². The molecule has 0 aromatic rings. The highest BCUT2D eigenvalue weighted by molar-refractivity contribution is 6.30. The maximum absolute atomic E-state index is 12.4. The summed E-state index contributed by atoms with van der Waals surface area (Å²) >= 11 is 0. The molecule has 0 amide bonds. The molecule has 26 heavy (non-hydrogen) atoms. The minimum atomic E-state index is -1.14. The molecule has 0 radical (unpaired) electrons. The molecule has 0 aromatic heterocycles. The molecule has 2 fully saturated rings. The Morgan fingerprint density at radius 3 is 1.31 bits per heavy atom. The van der Waals surface area contributed by atoms with Crippen LogP contribution < -0.4 is 11.5 Å². The van der Waals surface area contributed by atoms with Gasteiger partial charge in [0.25, 0.3) is 0 Å². The van der Waals surface area contributed by atoms with Crippen molar-refractivity contribution in [1.82, 2.24) is 0 Å². The van der Waals surface area contributed by atoms with Gasteiger partial charge in [-0.2, -0.15) is 0 Å². The van der Waals surface area contributed by atoms with Crippen molar-refractivity contribution >= 4 is 11.9 Å². The summed E-state index contributed by atoms with van der Waals surface area (Å²) in [5.74, 6) is -2.29. The average molecular weight is 372 g/mol. The number of carbonyl (C=O) groups excluding carboxylic acids is 2. The van der Waals surface area contributed by atoms with Crippen LogP contribution in [0.4, 0.5) is 0 Å². The lowest BCUT2D eigenvalue weighted by Crippen LogP contribution is -2.54. The topological polar surface area (TPSA) is 145 Å². The standard InChI is InChI=1S/C18H32N2O6/c19-11-13(21)17(7-3-1-4-8-17)25-15(23)16(24)26-18(14(22)12-20)9-5-2-6-10-18/h13-14,21-22H,1-12,19-20H2. The number of nitrogens with two attached hydrogens (primary N) is 2. The van der Waals surface area contributed by atoms with Crippen molar-refractivity contribution in [2.75, 3.05) is 13.1 Å². The maximum Gasteiger partial charge on any atom is 0.418 e. The largest absolute Gasteiger partial charge is 0.448 e. The molecule has 2 atom stereocenters. The third-order valence-electron chi connectivity index (χ3n) is 5.82. The minimum absolute atomic E-state index is 0.0574. The van der Waals surface area contributed by atoms with Crippen LogP contribution in [-0.4, -0.2) is 58.7 Å². The van der Waals surface area contributed by atoms with Gasteiger partial charge in [0.05, 0.1) is 0 Å². The molecule has 0 aliphatic heterocycles. The highest BCUT2D eigenvalue weighted by Crippen LogP contribution is 2.37. The molecule has 0 heterocycles. The van der Waals surface area contributed by atoms with Crippen LogP contribution in [0.25, 0.3) is 0 Å². The Kier molecular flexibility index (Phi) is 7.40. The summed E-state index contributed by atoms with van der Waals surface area (Å²) < 4.78 is 10.9. The first-order chi connectivity index (χ1) is 12.4. The number of aliphatic hydroxyl groups is 2. The number of esters is 2. The highest BCUT2D eigenvalue weighted by Gasteiger charge is 2.47. The van der Waals surface area contributed by atoms with Crippen LogP contribution in [0, 0.1) is 0 Å². The van der Waals surface area contributed by atoms with Crippen LogP contribution in [0.15, 0.2) is 0 Å². The predicted molar refractivity (Wildman–Crippen MR) is 93.9 cm³/mol. The van der Waals surface area contributed by atoms with Crippen LogP contribution in [-0.2, 0) is 19.1 Å². The van der Waals surface area contributed by atoms with Gasteiger partial charge >= 0.3 is 11.9 Å². The fraction of sp³-hybridized carbons (Fsp3) is 0.889. The summed E-state index contributed by atoms with van der Waals surface area (Å²) in [6.45, 7) is -0.115. The van der Waals surface area contributed by atoms with E-state index < -0.39 is 35.3 Å². The van der Waals surface area contributed by atoms with Gasteiger partial charge in [0.15, 0.2) is 0 Å². The number of carbonyl (C=O) groups is 2. The van der Waals surface area contributed by atoms with E-state index in [1.807, 2.05) is 0 Å². The number of rotatable bonds is 6. The van der Waals surface area contributed by atoms with E-state index >= 15 is 0 Å². The van der Waals surface area contributed by atoms with Crippen LogP contribution in [0.5, 0.6) is 0 Å². The zero-order chi connectivity index (χ0) is 19.2. The second-order valence-electron chi connectivity index (χ2n) is 7.53. The molecular weight excluding hydrogens is 340 g/mol. The van der Waals surface area contributed by atoms with Gasteiger partial charge in [-0.3, -0.25) is 0 Å². The second kappa shape index (κ2) is 9.12. The molecule has 150 valence electrons. The quantitative estimate of drug-likeness (QED) is 0.380. The molecule has 2 aliphatic rings. The molecule has 2 unspecified atom stereocenters. The summed E-state index contributed by atoms with van der Waals surface area (Å²) in [5, 5.41) is 20.5. The Labute approximate surface area is 154 Å². The normalized spacial score (nSPS) is 24.3. The van der Waals surface area contributed by atoms with Gasteiger partial charge in [0.1, 0.15) is 23.4 Å². The Bertz CT molecular complexity index is 442. The monoisotopic (exact) mass is 372 g/mol. The Morgan fingerprint density at radius 2 is 1.04 bits per heavy atom. The molecule has 0 spiro atoms. The van der Waals surface area contributed by atoms with Crippen molar-refractivity contribution in [1.29, 1.82) is 0 Å². The van der Waals surface area contributed by atoms with Gasteiger partial charge in [0.2, 0.25) is 0 Å². The highest BCUT2D eigenvalue weighted by atomic mass is 16.6. The lowest BCUT2D eigenvalue weighted by molar-refractivity contribution is -0.204. The third-order valence-corrected chi connectivity index (χ3v) is 5.82. The summed E-state index contributed by atoms with van der Waals surface area (Å²) in [6.07, 6.45) is 4.88. The van der Waals surface area contributed by atoms with Crippen molar-refractivity contribution in [3.05, 3.63) is 0 Å². The fourth-order valence-electron chi connectivity index (χ4n) is 4.19. The molecule has 8 nitrogen and oxygen atoms in total. The van der Waals surface area contributed by atoms with Gasteiger partial charge in [0, 0.05) is 13.1 Å². The van der Waals surface area contributed by atoms with Crippen molar-refractivity contribution in [3.63, 3.8) is 0 Å². The first kappa shape index (κ1) is 21.1. The van der Waals surface area contributed by atoms with Gasteiger partial charge in [-0.15, -0.1) is 0 Å². The molecule has 0 bridgehead atoms. The Morgan fingerprint density at radius 1 is 0.731 bits per heavy atom. The lowest BCUT2D eigenvalue weighted by Gasteiger charge is -2.41. The molecule has 0 saturated heterocycles. The van der Waals surface area contributed by atoms with Crippen LogP contribution in [0.3, 0.4) is 0 Å². The predicted octanol–water partition coefficient (Wildman–Crippen LogP) is 0.118. The van der Waals surface area contributed by atoms with Gasteiger partial charge < -0.3 is 31.2 Å². The van der Waals surface area contributed by atoms with E-state index in [9.17, 15) is 19.8 Å². The van der Waals surface area contributed by atoms with Gasteiger partial charge in [-0.25, -0.2) is 9.59 Å². The maximum atomic E-state index is 12.4. The molecule has 2 aliphatic carbocycles. The van der Waals surface area contributed by atoms with E-state index in [1.54, 1.807) is 0 Å². The molecule has 2 rings (SSSR count). The Balaban J connectivity index is 2.08. The zero-order valence-corrected chi connectivity index (χ0v) is 15.3. The summed E-state index contributed by atoms with van der Waals surface area (Å²) in [4.78, 5) is 24.8. The van der Waals surface area contributed by atoms with Crippen molar-refractivity contribution < 1.29 is 29.3 Å². The number of hydrogen-bond acceptors (Lipinski definition) is 8. The molecular formula is C18H32N2O6. The van der Waals surface area contributed by atoms with E-state index in [2.05, 4.69) is 0 Å². The van der Waals surface area contributed by atoms with Crippen LogP contribution in [0.2, 0.25) is 0 Å². The molecule has 2 saturated carbocycles. The summed E-state index contributed by atoms with van der Waals surface area (Å²) in [5.41, 5.74) is 8.84. The average Bonchev–Trinajstić information content (AvgIpc) is 2.67. The van der Waals surface area contributed by atoms with Crippen molar-refractivity contribution in [2.24, 2.45) is 11.5 Å². The van der Waals surface area contributed by atoms with Crippen molar-refractivity contribution in [2.45, 2.75) is 87.6 Å². The lowest BCUT2D eigenvalue weighted by atomic mass is 9.80. The second-order valence-corrected chi connectivity index (χ2v) is 7.53. The summed E-state index contributed by atoms with van der Waals surface area (Å²) in [7, 11) is 0. The van der Waals surface area contributed by atoms with Gasteiger partial charge in [-0.05, 0) is 51.4 Å². The van der Waals surface area contributed by atoms with Crippen molar-refractivity contribution in [3.8, 4) is 0 Å². The van der Waals surface area contributed by atoms with Gasteiger partial charge in [-0.1, -0.05) is 12.8 Å². The molecule has 8 heteroatoms. The first-order valence-corrected chi connectivity index (χ1v) is 9.62. The third kappa shape index (κ3) is 4.54. The zero-order valence-electron chi connectivity index (χ0n) is 15.3. The van der Waals surface area contributed by atoms with E-state index in [-0.39, 0.29) is 13.1 Å². The fourth-order valence-corrected chi connectivity index (χ4v) is 4.19. The van der Waals surface area contributed by atoms with E-state index in [4.69, 9.17) is 20.9 Å². The SMILES string of the molecule is NCC(O)C1(OC(=O)C(=O)OC2(C(O)CN)CCCCC2)CCCCC1. The summed E-state index contributed by atoms with van der Waals surface area (Å²) in [6, 6.07) is 0. The minimum Gasteiger partial charge on any atom is -0.448 e. The number of ether oxygens (including phenoxy) is 2. The van der Waals surface area contributed by atoms with E-state index in [1.165, 1.54) is 0 Å². The number of hydrogen-bond donors (Lipinski definition) is 4. The molecule has 6 N–H and O–H groups in total.